The Labute approximate surface area is 157 Å². The third-order valence-corrected chi connectivity index (χ3v) is 5.40. The molecule has 0 atom stereocenters. The Kier molecular flexibility index (Phi) is 6.43. The van der Waals surface area contributed by atoms with Gasteiger partial charge in [-0.3, -0.25) is 4.79 Å². The molecule has 9 heteroatoms. The molecule has 0 heterocycles. The summed E-state index contributed by atoms with van der Waals surface area (Å²) in [7, 11) is 0.494. The zero-order chi connectivity index (χ0) is 20.0. The highest BCUT2D eigenvalue weighted by Gasteiger charge is 2.18. The number of carbonyl (C=O) groups excluding carboxylic acids is 2. The van der Waals surface area contributed by atoms with Crippen LogP contribution in [0.2, 0.25) is 0 Å². The molecule has 142 valence electrons. The summed E-state index contributed by atoms with van der Waals surface area (Å²) in [6.07, 6.45) is 1.40. The van der Waals surface area contributed by atoms with Crippen LogP contribution in [0.4, 0.5) is 0 Å². The van der Waals surface area contributed by atoms with E-state index >= 15 is 0 Å². The van der Waals surface area contributed by atoms with Gasteiger partial charge in [-0.1, -0.05) is 18.2 Å². The molecule has 0 aromatic heterocycles. The Hall–Kier alpha value is -3.04. The second kappa shape index (κ2) is 8.56. The number of hydrogen-bond donors (Lipinski definition) is 1. The van der Waals surface area contributed by atoms with Crippen LogP contribution >= 0.6 is 0 Å². The van der Waals surface area contributed by atoms with Gasteiger partial charge in [0.05, 0.1) is 23.8 Å². The minimum Gasteiger partial charge on any atom is -0.465 e. The lowest BCUT2D eigenvalue weighted by atomic mass is 10.1. The van der Waals surface area contributed by atoms with Crippen molar-refractivity contribution in [3.8, 4) is 0 Å². The number of methoxy groups -OCH3 is 1. The highest BCUT2D eigenvalue weighted by Crippen LogP contribution is 2.14. The quantitative estimate of drug-likeness (QED) is 0.458. The summed E-state index contributed by atoms with van der Waals surface area (Å²) in [6.45, 7) is 0. The van der Waals surface area contributed by atoms with E-state index in [1.165, 1.54) is 51.7 Å². The van der Waals surface area contributed by atoms with E-state index in [1.54, 1.807) is 24.3 Å². The van der Waals surface area contributed by atoms with Crippen molar-refractivity contribution in [1.82, 2.24) is 9.73 Å². The van der Waals surface area contributed by atoms with Gasteiger partial charge in [0.1, 0.15) is 0 Å². The Morgan fingerprint density at radius 3 is 2.33 bits per heavy atom. The summed E-state index contributed by atoms with van der Waals surface area (Å²) in [6, 6.07) is 12.1. The van der Waals surface area contributed by atoms with Gasteiger partial charge in [0, 0.05) is 19.7 Å². The second-order valence-electron chi connectivity index (χ2n) is 5.63. The van der Waals surface area contributed by atoms with Gasteiger partial charge < -0.3 is 4.74 Å². The van der Waals surface area contributed by atoms with Gasteiger partial charge in [0.25, 0.3) is 5.91 Å². The van der Waals surface area contributed by atoms with Crippen LogP contribution in [-0.4, -0.2) is 52.0 Å². The first-order valence-electron chi connectivity index (χ1n) is 7.80. The third kappa shape index (κ3) is 4.99. The van der Waals surface area contributed by atoms with Crippen molar-refractivity contribution >= 4 is 28.1 Å². The molecule has 0 spiro atoms. The predicted molar refractivity (Wildman–Crippen MR) is 100 cm³/mol. The van der Waals surface area contributed by atoms with Gasteiger partial charge >= 0.3 is 5.97 Å². The van der Waals surface area contributed by atoms with Crippen molar-refractivity contribution in [3.63, 3.8) is 0 Å². The molecule has 8 nitrogen and oxygen atoms in total. The lowest BCUT2D eigenvalue weighted by Gasteiger charge is -2.11. The smallest absolute Gasteiger partial charge is 0.337 e. The molecule has 0 bridgehead atoms. The summed E-state index contributed by atoms with van der Waals surface area (Å²) in [5.74, 6) is -0.993. The molecule has 0 fully saturated rings. The number of sulfonamides is 1. The molecule has 1 amide bonds. The van der Waals surface area contributed by atoms with E-state index in [9.17, 15) is 18.0 Å². The number of carbonyl (C=O) groups is 2. The largest absolute Gasteiger partial charge is 0.465 e. The number of benzene rings is 2. The van der Waals surface area contributed by atoms with Crippen LogP contribution in [0.5, 0.6) is 0 Å². The molecule has 0 aliphatic heterocycles. The van der Waals surface area contributed by atoms with Crippen molar-refractivity contribution in [1.29, 1.82) is 0 Å². The maximum atomic E-state index is 12.2. The van der Waals surface area contributed by atoms with Crippen molar-refractivity contribution in [3.05, 3.63) is 65.2 Å². The number of amides is 1. The second-order valence-corrected chi connectivity index (χ2v) is 7.78. The fraction of sp³-hybridized carbons (Fsp3) is 0.167. The van der Waals surface area contributed by atoms with E-state index in [0.717, 1.165) is 4.31 Å². The highest BCUT2D eigenvalue weighted by molar-refractivity contribution is 7.89. The first kappa shape index (κ1) is 20.3. The summed E-state index contributed by atoms with van der Waals surface area (Å²) >= 11 is 0. The van der Waals surface area contributed by atoms with Gasteiger partial charge in [0.2, 0.25) is 10.0 Å². The fourth-order valence-electron chi connectivity index (χ4n) is 2.06. The molecule has 2 rings (SSSR count). The fourth-order valence-corrected chi connectivity index (χ4v) is 3.01. The predicted octanol–water partition coefficient (Wildman–Crippen LogP) is 1.49. The molecular formula is C18H19N3O5S. The maximum Gasteiger partial charge on any atom is 0.337 e. The van der Waals surface area contributed by atoms with Crippen LogP contribution < -0.4 is 5.43 Å². The average molecular weight is 389 g/mol. The van der Waals surface area contributed by atoms with Crippen molar-refractivity contribution < 1.29 is 22.7 Å². The Bertz CT molecular complexity index is 967. The molecule has 0 aliphatic carbocycles. The molecule has 0 saturated heterocycles. The minimum absolute atomic E-state index is 0.0162. The van der Waals surface area contributed by atoms with Gasteiger partial charge in [-0.15, -0.1) is 0 Å². The van der Waals surface area contributed by atoms with Crippen LogP contribution in [0.1, 0.15) is 26.3 Å². The van der Waals surface area contributed by atoms with Crippen LogP contribution in [-0.2, 0) is 14.8 Å². The molecule has 2 aromatic carbocycles. The maximum absolute atomic E-state index is 12.2. The molecule has 0 saturated carbocycles. The molecule has 27 heavy (non-hydrogen) atoms. The zero-order valence-corrected chi connectivity index (χ0v) is 15.9. The monoisotopic (exact) mass is 389 g/mol. The SMILES string of the molecule is COC(=O)c1ccc(/C=N\NC(=O)c2cccc(S(=O)(=O)N(C)C)c2)cc1. The van der Waals surface area contributed by atoms with E-state index in [4.69, 9.17) is 0 Å². The number of nitrogens with one attached hydrogen (secondary N) is 1. The van der Waals surface area contributed by atoms with Crippen LogP contribution in [0.3, 0.4) is 0 Å². The molecular weight excluding hydrogens is 370 g/mol. The molecule has 0 radical (unpaired) electrons. The van der Waals surface area contributed by atoms with Crippen molar-refractivity contribution in [2.24, 2.45) is 5.10 Å². The average Bonchev–Trinajstić information content (AvgIpc) is 2.67. The topological polar surface area (TPSA) is 105 Å². The third-order valence-electron chi connectivity index (χ3n) is 3.59. The Morgan fingerprint density at radius 1 is 1.07 bits per heavy atom. The van der Waals surface area contributed by atoms with E-state index in [2.05, 4.69) is 15.3 Å². The van der Waals surface area contributed by atoms with E-state index in [0.29, 0.717) is 11.1 Å². The highest BCUT2D eigenvalue weighted by atomic mass is 32.2. The van der Waals surface area contributed by atoms with Crippen LogP contribution in [0, 0.1) is 0 Å². The molecule has 0 aliphatic rings. The summed E-state index contributed by atoms with van der Waals surface area (Å²) in [5, 5.41) is 3.84. The van der Waals surface area contributed by atoms with E-state index in [-0.39, 0.29) is 10.5 Å². The number of nitrogens with zero attached hydrogens (tertiary/aromatic N) is 2. The molecule has 2 aromatic rings. The van der Waals surface area contributed by atoms with Crippen LogP contribution in [0.15, 0.2) is 58.5 Å². The van der Waals surface area contributed by atoms with E-state index in [1.807, 2.05) is 0 Å². The van der Waals surface area contributed by atoms with Crippen LogP contribution in [0.25, 0.3) is 0 Å². The molecule has 0 unspecified atom stereocenters. The lowest BCUT2D eigenvalue weighted by molar-refractivity contribution is 0.0600. The van der Waals surface area contributed by atoms with Gasteiger partial charge in [-0.25, -0.2) is 22.9 Å². The number of ether oxygens (including phenoxy) is 1. The summed E-state index contributed by atoms with van der Waals surface area (Å²) < 4.78 is 29.9. The summed E-state index contributed by atoms with van der Waals surface area (Å²) in [4.78, 5) is 23.6. The number of hydrogen-bond acceptors (Lipinski definition) is 6. The first-order chi connectivity index (χ1) is 12.8. The lowest BCUT2D eigenvalue weighted by Crippen LogP contribution is -2.23. The normalized spacial score (nSPS) is 11.6. The summed E-state index contributed by atoms with van der Waals surface area (Å²) in [5.41, 5.74) is 3.56. The van der Waals surface area contributed by atoms with Crippen molar-refractivity contribution in [2.75, 3.05) is 21.2 Å². The van der Waals surface area contributed by atoms with E-state index < -0.39 is 21.9 Å². The van der Waals surface area contributed by atoms with Gasteiger partial charge in [-0.2, -0.15) is 5.10 Å². The van der Waals surface area contributed by atoms with Gasteiger partial charge in [0.15, 0.2) is 0 Å². The standard InChI is InChI=1S/C18H19N3O5S/c1-21(2)27(24,25)16-6-4-5-15(11-16)17(22)20-19-12-13-7-9-14(10-8-13)18(23)26-3/h4-12H,1-3H3,(H,20,22)/b19-12-. The number of rotatable bonds is 6. The van der Waals surface area contributed by atoms with Gasteiger partial charge in [-0.05, 0) is 35.9 Å². The number of hydrazone groups is 1. The number of esters is 1. The Balaban J connectivity index is 2.08. The van der Waals surface area contributed by atoms with Crippen molar-refractivity contribution in [2.45, 2.75) is 4.90 Å². The Morgan fingerprint density at radius 2 is 1.74 bits per heavy atom. The zero-order valence-electron chi connectivity index (χ0n) is 15.0. The first-order valence-corrected chi connectivity index (χ1v) is 9.24. The minimum atomic E-state index is -3.63. The molecule has 1 N–H and O–H groups in total.